The Bertz CT molecular complexity index is 226. The van der Waals surface area contributed by atoms with Gasteiger partial charge in [-0.2, -0.15) is 0 Å². The van der Waals surface area contributed by atoms with Crippen LogP contribution in [0.4, 0.5) is 0 Å². The third-order valence-electron chi connectivity index (χ3n) is 3.38. The molecule has 0 atom stereocenters. The predicted octanol–water partition coefficient (Wildman–Crippen LogP) is -8.76. The van der Waals surface area contributed by atoms with Crippen LogP contribution in [0.15, 0.2) is 0 Å². The molecule has 0 fully saturated rings. The van der Waals surface area contributed by atoms with Gasteiger partial charge in [-0.05, 0) is 0 Å². The maximum Gasteiger partial charge on any atom is 0.137 e. The van der Waals surface area contributed by atoms with E-state index in [1.165, 1.54) is 32.8 Å². The normalized spacial score (nSPS) is 10.0. The van der Waals surface area contributed by atoms with Gasteiger partial charge in [-0.25, -0.2) is 0 Å². The van der Waals surface area contributed by atoms with Gasteiger partial charge in [0.25, 0.3) is 0 Å². The number of benzene rings is 1. The average Bonchev–Trinajstić information content (AvgIpc) is 2.08. The monoisotopic (exact) mass is 150 g/mol. The van der Waals surface area contributed by atoms with Crippen molar-refractivity contribution in [3.8, 4) is 0 Å². The zero-order valence-electron chi connectivity index (χ0n) is 9.00. The van der Waals surface area contributed by atoms with Gasteiger partial charge in [-0.1, -0.05) is 0 Å². The molecule has 1 rings (SSSR count). The van der Waals surface area contributed by atoms with Crippen molar-refractivity contribution < 1.29 is 0 Å². The van der Waals surface area contributed by atoms with Crippen molar-refractivity contribution in [3.05, 3.63) is 0 Å². The van der Waals surface area contributed by atoms with Gasteiger partial charge in [0.2, 0.25) is 0 Å². The molecule has 0 heterocycles. The molecule has 0 aliphatic carbocycles. The molecule has 0 N–H and O–H groups in total. The Balaban J connectivity index is 3.60. The molecular weight excluding hydrogens is 137 g/mol. The lowest BCUT2D eigenvalue weighted by atomic mass is 9.57. The summed E-state index contributed by atoms with van der Waals surface area (Å²) < 4.78 is 0. The van der Waals surface area contributed by atoms with Crippen LogP contribution in [0.5, 0.6) is 0 Å². The first-order valence-corrected chi connectivity index (χ1v) is 4.50. The molecule has 0 unspecified atom stereocenters. The Morgan fingerprint density at radius 1 is 0.333 bits per heavy atom. The highest BCUT2D eigenvalue weighted by Gasteiger charge is 2.06. The molecule has 12 heavy (non-hydrogen) atoms. The van der Waals surface area contributed by atoms with Crippen molar-refractivity contribution in [2.24, 2.45) is 0 Å². The van der Waals surface area contributed by atoms with Gasteiger partial charge in [-0.3, -0.25) is 0 Å². The summed E-state index contributed by atoms with van der Waals surface area (Å²) in [7, 11) is 13.3. The average molecular weight is 149 g/mol. The number of hydrogen-bond donors (Lipinski definition) is 0. The fraction of sp³-hybridized carbons (Fsp3) is 0. The fourth-order valence-electron chi connectivity index (χ4n) is 1.69. The molecule has 0 aliphatic heterocycles. The van der Waals surface area contributed by atoms with Gasteiger partial charge in [0.1, 0.15) is 47.1 Å². The van der Waals surface area contributed by atoms with Crippen LogP contribution in [-0.4, -0.2) is 47.1 Å². The van der Waals surface area contributed by atoms with Crippen LogP contribution in [0.3, 0.4) is 0 Å². The second-order valence-electron chi connectivity index (χ2n) is 3.75. The van der Waals surface area contributed by atoms with E-state index in [1.807, 2.05) is 0 Å². The van der Waals surface area contributed by atoms with Crippen molar-refractivity contribution >= 4 is 79.9 Å². The molecule has 0 spiro atoms. The molecule has 0 amide bonds. The molecule has 0 bridgehead atoms. The Morgan fingerprint density at radius 3 is 0.500 bits per heavy atom. The van der Waals surface area contributed by atoms with E-state index in [1.54, 1.807) is 0 Å². The summed E-state index contributed by atoms with van der Waals surface area (Å²) in [6.45, 7) is 0. The summed E-state index contributed by atoms with van der Waals surface area (Å²) in [5, 5.41) is 0. The van der Waals surface area contributed by atoms with Crippen LogP contribution in [0.1, 0.15) is 0 Å². The second kappa shape index (κ2) is 3.16. The first-order chi connectivity index (χ1) is 5.46. The minimum atomic E-state index is 1.45. The van der Waals surface area contributed by atoms with E-state index >= 15 is 0 Å². The highest BCUT2D eigenvalue weighted by atomic mass is 14.0. The van der Waals surface area contributed by atoms with E-state index in [0.29, 0.717) is 0 Å². The standard InChI is InChI=1S/C6H12B6/c7-1-2(8)4(10)6(12)5(11)3(1)9/h7-12H2. The predicted molar refractivity (Wildman–Crippen MR) is 75.5 cm³/mol. The molecule has 0 aromatic heterocycles. The van der Waals surface area contributed by atoms with E-state index in [9.17, 15) is 0 Å². The van der Waals surface area contributed by atoms with Crippen LogP contribution in [-0.2, 0) is 0 Å². The van der Waals surface area contributed by atoms with Crippen molar-refractivity contribution in [2.45, 2.75) is 0 Å². The molecule has 1 aromatic carbocycles. The minimum Gasteiger partial charge on any atom is -0.102 e. The lowest BCUT2D eigenvalue weighted by Gasteiger charge is -2.17. The molecule has 0 radical (unpaired) electrons. The zero-order valence-corrected chi connectivity index (χ0v) is 9.00. The van der Waals surface area contributed by atoms with E-state index in [2.05, 4.69) is 47.1 Å². The molecule has 0 saturated heterocycles. The van der Waals surface area contributed by atoms with Crippen molar-refractivity contribution in [1.29, 1.82) is 0 Å². The van der Waals surface area contributed by atoms with Crippen molar-refractivity contribution in [2.75, 3.05) is 0 Å². The molecular formula is C6H12B6. The van der Waals surface area contributed by atoms with Crippen LogP contribution in [0.25, 0.3) is 0 Å². The SMILES string of the molecule is Bc1c(B)c(B)c(B)c(B)c1B. The quantitative estimate of drug-likeness (QED) is 0.321. The Hall–Kier alpha value is -0.390. The first-order valence-electron chi connectivity index (χ1n) is 4.50. The van der Waals surface area contributed by atoms with Gasteiger partial charge >= 0.3 is 0 Å². The van der Waals surface area contributed by atoms with Crippen LogP contribution >= 0.6 is 0 Å². The summed E-state index contributed by atoms with van der Waals surface area (Å²) in [5.41, 5.74) is 8.73. The maximum atomic E-state index is 2.21. The van der Waals surface area contributed by atoms with Crippen molar-refractivity contribution in [3.63, 3.8) is 0 Å². The zero-order chi connectivity index (χ0) is 9.46. The summed E-state index contributed by atoms with van der Waals surface area (Å²) in [4.78, 5) is 0. The number of rotatable bonds is 0. The van der Waals surface area contributed by atoms with Crippen LogP contribution < -0.4 is 32.8 Å². The lowest BCUT2D eigenvalue weighted by Crippen LogP contribution is -2.62. The van der Waals surface area contributed by atoms with Gasteiger partial charge in [0, 0.05) is 0 Å². The summed E-state index contributed by atoms with van der Waals surface area (Å²) in [5.74, 6) is 0. The molecule has 0 nitrogen and oxygen atoms in total. The largest absolute Gasteiger partial charge is 0.137 e. The summed E-state index contributed by atoms with van der Waals surface area (Å²) >= 11 is 0. The van der Waals surface area contributed by atoms with E-state index in [4.69, 9.17) is 0 Å². The Labute approximate surface area is 80.3 Å². The third kappa shape index (κ3) is 1.28. The van der Waals surface area contributed by atoms with Gasteiger partial charge in [-0.15, -0.1) is 32.8 Å². The minimum absolute atomic E-state index is 1.45. The first kappa shape index (κ1) is 9.70. The second-order valence-corrected chi connectivity index (χ2v) is 3.75. The van der Waals surface area contributed by atoms with E-state index < -0.39 is 0 Å². The lowest BCUT2D eigenvalue weighted by molar-refractivity contribution is 2.13. The van der Waals surface area contributed by atoms with Crippen LogP contribution in [0.2, 0.25) is 0 Å². The highest BCUT2D eigenvalue weighted by Crippen LogP contribution is 1.60. The highest BCUT2D eigenvalue weighted by molar-refractivity contribution is 6.72. The van der Waals surface area contributed by atoms with Gasteiger partial charge < -0.3 is 0 Å². The molecule has 0 aliphatic rings. The maximum absolute atomic E-state index is 2.21. The Kier molecular flexibility index (Phi) is 2.55. The van der Waals surface area contributed by atoms with Crippen molar-refractivity contribution in [1.82, 2.24) is 0 Å². The molecule has 6 heteroatoms. The van der Waals surface area contributed by atoms with E-state index in [0.717, 1.165) is 0 Å². The third-order valence-corrected chi connectivity index (χ3v) is 3.38. The molecule has 0 saturated carbocycles. The molecule has 54 valence electrons. The fourth-order valence-corrected chi connectivity index (χ4v) is 1.69. The Morgan fingerprint density at radius 2 is 0.417 bits per heavy atom. The van der Waals surface area contributed by atoms with Crippen LogP contribution in [0, 0.1) is 0 Å². The van der Waals surface area contributed by atoms with E-state index in [-0.39, 0.29) is 0 Å². The smallest absolute Gasteiger partial charge is 0.102 e. The topological polar surface area (TPSA) is 0 Å². The summed E-state index contributed by atoms with van der Waals surface area (Å²) in [6, 6.07) is 0. The number of hydrogen-bond acceptors (Lipinski definition) is 0. The molecule has 1 aromatic rings. The van der Waals surface area contributed by atoms with Gasteiger partial charge in [0.15, 0.2) is 0 Å². The van der Waals surface area contributed by atoms with Gasteiger partial charge in [0.05, 0.1) is 0 Å². The summed E-state index contributed by atoms with van der Waals surface area (Å²) in [6.07, 6.45) is 0.